The van der Waals surface area contributed by atoms with Gasteiger partial charge in [-0.05, 0) is 24.3 Å². The Hall–Kier alpha value is -2.82. The van der Waals surface area contributed by atoms with Crippen LogP contribution in [0, 0.1) is 0 Å². The largest absolute Gasteiger partial charge is 0.418 e. The van der Waals surface area contributed by atoms with Gasteiger partial charge in [0, 0.05) is 11.6 Å². The van der Waals surface area contributed by atoms with Crippen LogP contribution in [0.25, 0.3) is 10.2 Å². The van der Waals surface area contributed by atoms with E-state index in [1.54, 1.807) is 12.1 Å². The van der Waals surface area contributed by atoms with Gasteiger partial charge in [0.05, 0.1) is 27.4 Å². The van der Waals surface area contributed by atoms with Crippen LogP contribution in [0.5, 0.6) is 0 Å². The number of aromatic nitrogens is 1. The number of carbonyl (C=O) groups excluding carboxylic acids is 1. The van der Waals surface area contributed by atoms with E-state index in [0.29, 0.717) is 10.2 Å². The second-order valence-corrected chi connectivity index (χ2v) is 6.44. The molecule has 2 heterocycles. The molecular formula is C16H9F6N3OS. The summed E-state index contributed by atoms with van der Waals surface area (Å²) in [7, 11) is 0. The van der Waals surface area contributed by atoms with Gasteiger partial charge in [-0.25, -0.2) is 4.98 Å². The third kappa shape index (κ3) is 3.68. The van der Waals surface area contributed by atoms with E-state index in [9.17, 15) is 31.1 Å². The molecule has 3 rings (SSSR count). The number of carbonyl (C=O) groups is 1. The fourth-order valence-electron chi connectivity index (χ4n) is 2.40. The molecule has 0 aliphatic heterocycles. The lowest BCUT2D eigenvalue weighted by molar-refractivity contribution is -0.140. The Bertz CT molecular complexity index is 992. The monoisotopic (exact) mass is 405 g/mol. The van der Waals surface area contributed by atoms with Gasteiger partial charge in [-0.15, -0.1) is 11.3 Å². The lowest BCUT2D eigenvalue weighted by atomic mass is 10.0. The van der Waals surface area contributed by atoms with Crippen molar-refractivity contribution in [1.82, 2.24) is 4.98 Å². The number of amides is 1. The number of anilines is 2. The maximum atomic E-state index is 13.2. The standard InChI is InChI=1S/C16H9F6N3OS/c17-15(18,19)8-3-4-9(16(20,21)22)12(11(8)23)25-13(26)10-6-7-2-1-5-24-14(7)27-10/h1-6H,23H2,(H,25,26). The van der Waals surface area contributed by atoms with E-state index in [1.165, 1.54) is 12.3 Å². The van der Waals surface area contributed by atoms with Gasteiger partial charge >= 0.3 is 12.4 Å². The van der Waals surface area contributed by atoms with E-state index in [4.69, 9.17) is 5.73 Å². The fraction of sp³-hybridized carbons (Fsp3) is 0.125. The lowest BCUT2D eigenvalue weighted by Gasteiger charge is -2.19. The number of fused-ring (bicyclic) bond motifs is 1. The number of thiophene rings is 1. The first kappa shape index (κ1) is 19.0. The number of nitrogens with two attached hydrogens (primary N) is 1. The second-order valence-electron chi connectivity index (χ2n) is 5.41. The number of nitrogen functional groups attached to an aromatic ring is 1. The Kier molecular flexibility index (Phi) is 4.50. The third-order valence-electron chi connectivity index (χ3n) is 3.61. The number of nitrogens with zero attached hydrogens (tertiary/aromatic N) is 1. The minimum absolute atomic E-state index is 0.0198. The molecule has 0 aliphatic rings. The molecule has 27 heavy (non-hydrogen) atoms. The van der Waals surface area contributed by atoms with Crippen molar-refractivity contribution >= 4 is 38.8 Å². The zero-order valence-electron chi connectivity index (χ0n) is 13.1. The summed E-state index contributed by atoms with van der Waals surface area (Å²) in [4.78, 5) is 16.8. The molecule has 3 aromatic rings. The normalized spacial score (nSPS) is 12.4. The first-order valence-corrected chi connectivity index (χ1v) is 8.03. The molecule has 1 amide bonds. The molecule has 1 aromatic carbocycles. The SMILES string of the molecule is Nc1c(C(F)(F)F)ccc(C(F)(F)F)c1NC(=O)c1cc2cccnc2s1. The molecule has 0 aliphatic carbocycles. The van der Waals surface area contributed by atoms with E-state index in [1.807, 2.05) is 5.32 Å². The average Bonchev–Trinajstić information content (AvgIpc) is 2.98. The van der Waals surface area contributed by atoms with E-state index in [2.05, 4.69) is 4.98 Å². The third-order valence-corrected chi connectivity index (χ3v) is 4.67. The molecule has 142 valence electrons. The van der Waals surface area contributed by atoms with Crippen LogP contribution in [0.1, 0.15) is 20.8 Å². The predicted octanol–water partition coefficient (Wildman–Crippen LogP) is 5.17. The number of alkyl halides is 6. The van der Waals surface area contributed by atoms with Crippen molar-refractivity contribution in [3.05, 3.63) is 52.5 Å². The Morgan fingerprint density at radius 1 is 1.04 bits per heavy atom. The lowest BCUT2D eigenvalue weighted by Crippen LogP contribution is -2.20. The zero-order chi connectivity index (χ0) is 20.0. The van der Waals surface area contributed by atoms with Crippen LogP contribution in [-0.2, 0) is 12.4 Å². The molecular weight excluding hydrogens is 396 g/mol. The van der Waals surface area contributed by atoms with Gasteiger partial charge in [0.2, 0.25) is 0 Å². The predicted molar refractivity (Wildman–Crippen MR) is 88.4 cm³/mol. The van der Waals surface area contributed by atoms with Crippen LogP contribution in [0.2, 0.25) is 0 Å². The second kappa shape index (κ2) is 6.41. The van der Waals surface area contributed by atoms with Crippen LogP contribution in [0.3, 0.4) is 0 Å². The summed E-state index contributed by atoms with van der Waals surface area (Å²) in [5.74, 6) is -1.02. The molecule has 0 fully saturated rings. The molecule has 0 radical (unpaired) electrons. The minimum atomic E-state index is -5.01. The summed E-state index contributed by atoms with van der Waals surface area (Å²) >= 11 is 0.886. The van der Waals surface area contributed by atoms with Crippen LogP contribution >= 0.6 is 11.3 Å². The quantitative estimate of drug-likeness (QED) is 0.457. The number of benzene rings is 1. The van der Waals surface area contributed by atoms with Crippen molar-refractivity contribution in [3.63, 3.8) is 0 Å². The Morgan fingerprint density at radius 2 is 1.67 bits per heavy atom. The van der Waals surface area contributed by atoms with Gasteiger partial charge in [-0.1, -0.05) is 6.07 Å². The highest BCUT2D eigenvalue weighted by atomic mass is 32.1. The van der Waals surface area contributed by atoms with Crippen molar-refractivity contribution in [2.75, 3.05) is 11.1 Å². The number of hydrogen-bond donors (Lipinski definition) is 2. The number of hydrogen-bond acceptors (Lipinski definition) is 4. The average molecular weight is 405 g/mol. The zero-order valence-corrected chi connectivity index (χ0v) is 13.9. The maximum Gasteiger partial charge on any atom is 0.418 e. The van der Waals surface area contributed by atoms with Crippen molar-refractivity contribution < 1.29 is 31.1 Å². The van der Waals surface area contributed by atoms with Crippen molar-refractivity contribution in [3.8, 4) is 0 Å². The van der Waals surface area contributed by atoms with Gasteiger partial charge in [-0.3, -0.25) is 4.79 Å². The van der Waals surface area contributed by atoms with Crippen molar-refractivity contribution in [2.45, 2.75) is 12.4 Å². The van der Waals surface area contributed by atoms with E-state index >= 15 is 0 Å². The first-order valence-electron chi connectivity index (χ1n) is 7.21. The van der Waals surface area contributed by atoms with Crippen LogP contribution in [0.15, 0.2) is 36.5 Å². The van der Waals surface area contributed by atoms with Gasteiger partial charge < -0.3 is 11.1 Å². The number of halogens is 6. The van der Waals surface area contributed by atoms with E-state index in [-0.39, 0.29) is 17.0 Å². The first-order chi connectivity index (χ1) is 12.5. The van der Waals surface area contributed by atoms with Crippen LogP contribution in [-0.4, -0.2) is 10.9 Å². The summed E-state index contributed by atoms with van der Waals surface area (Å²) < 4.78 is 78.5. The van der Waals surface area contributed by atoms with Gasteiger partial charge in [0.1, 0.15) is 4.83 Å². The van der Waals surface area contributed by atoms with Crippen LogP contribution in [0.4, 0.5) is 37.7 Å². The topological polar surface area (TPSA) is 68.0 Å². The molecule has 0 saturated carbocycles. The van der Waals surface area contributed by atoms with E-state index in [0.717, 1.165) is 11.3 Å². The van der Waals surface area contributed by atoms with Gasteiger partial charge in [-0.2, -0.15) is 26.3 Å². The highest BCUT2D eigenvalue weighted by molar-refractivity contribution is 7.20. The number of nitrogens with one attached hydrogen (secondary N) is 1. The molecule has 0 atom stereocenters. The Balaban J connectivity index is 2.07. The summed E-state index contributed by atoms with van der Waals surface area (Å²) in [6, 6.07) is 5.08. The maximum absolute atomic E-state index is 13.2. The van der Waals surface area contributed by atoms with Crippen molar-refractivity contribution in [1.29, 1.82) is 0 Å². The summed E-state index contributed by atoms with van der Waals surface area (Å²) in [5.41, 5.74) is 0.0489. The van der Waals surface area contributed by atoms with Gasteiger partial charge in [0.25, 0.3) is 5.91 Å². The molecule has 0 saturated heterocycles. The number of pyridine rings is 1. The fourth-order valence-corrected chi connectivity index (χ4v) is 3.29. The van der Waals surface area contributed by atoms with Crippen LogP contribution < -0.4 is 11.1 Å². The molecule has 2 aromatic heterocycles. The molecule has 3 N–H and O–H groups in total. The summed E-state index contributed by atoms with van der Waals surface area (Å²) in [6.07, 6.45) is -8.52. The minimum Gasteiger partial charge on any atom is -0.397 e. The van der Waals surface area contributed by atoms with E-state index < -0.39 is 40.8 Å². The molecule has 4 nitrogen and oxygen atoms in total. The Labute approximate surface area is 151 Å². The summed E-state index contributed by atoms with van der Waals surface area (Å²) in [6.45, 7) is 0. The summed E-state index contributed by atoms with van der Waals surface area (Å²) in [5, 5.41) is 2.44. The van der Waals surface area contributed by atoms with Crippen molar-refractivity contribution in [2.24, 2.45) is 0 Å². The molecule has 11 heteroatoms. The molecule has 0 unspecified atom stereocenters. The molecule has 0 spiro atoms. The molecule has 0 bridgehead atoms. The smallest absolute Gasteiger partial charge is 0.397 e. The highest BCUT2D eigenvalue weighted by Crippen LogP contribution is 2.44. The highest BCUT2D eigenvalue weighted by Gasteiger charge is 2.40. The van der Waals surface area contributed by atoms with Gasteiger partial charge in [0.15, 0.2) is 0 Å². The Morgan fingerprint density at radius 3 is 2.26 bits per heavy atom. The number of rotatable bonds is 2.